The first-order valence-corrected chi connectivity index (χ1v) is 10.6. The van der Waals surface area contributed by atoms with Gasteiger partial charge in [0.05, 0.1) is 7.11 Å². The van der Waals surface area contributed by atoms with E-state index >= 15 is 0 Å². The van der Waals surface area contributed by atoms with E-state index in [1.807, 2.05) is 12.1 Å². The summed E-state index contributed by atoms with van der Waals surface area (Å²) in [6, 6.07) is 23.1. The van der Waals surface area contributed by atoms with E-state index in [2.05, 4.69) is 46.2 Å². The smallest absolute Gasteiger partial charge is 0.176 e. The summed E-state index contributed by atoms with van der Waals surface area (Å²) in [5, 5.41) is 1.05. The number of rotatable bonds is 5. The number of methoxy groups -OCH3 is 1. The number of ether oxygens (including phenoxy) is 1. The summed E-state index contributed by atoms with van der Waals surface area (Å²) in [6.07, 6.45) is 0. The Kier molecular flexibility index (Phi) is 5.35. The summed E-state index contributed by atoms with van der Waals surface area (Å²) in [5.41, 5.74) is 4.08. The first-order chi connectivity index (χ1) is 15.2. The molecule has 1 saturated heterocycles. The molecule has 5 heteroatoms. The fourth-order valence-corrected chi connectivity index (χ4v) is 4.25. The van der Waals surface area contributed by atoms with E-state index in [1.165, 1.54) is 23.4 Å². The molecule has 3 aromatic carbocycles. The highest BCUT2D eigenvalue weighted by atomic mass is 19.1. The van der Waals surface area contributed by atoms with Crippen LogP contribution in [0.5, 0.6) is 5.75 Å². The number of para-hydroxylation sites is 1. The molecule has 0 spiro atoms. The number of fused-ring (bicyclic) bond motifs is 1. The maximum Gasteiger partial charge on any atom is 0.176 e. The molecular formula is C26H25FN2O2. The molecule has 0 aliphatic carbocycles. The molecule has 0 saturated carbocycles. The largest absolute Gasteiger partial charge is 0.493 e. The second kappa shape index (κ2) is 8.44. The number of hydrogen-bond acceptors (Lipinski definition) is 4. The van der Waals surface area contributed by atoms with Crippen molar-refractivity contribution in [3.05, 3.63) is 84.2 Å². The molecule has 1 aromatic heterocycles. The number of nitrogens with zero attached hydrogens (tertiary/aromatic N) is 2. The van der Waals surface area contributed by atoms with Crippen LogP contribution in [0.3, 0.4) is 0 Å². The van der Waals surface area contributed by atoms with E-state index in [4.69, 9.17) is 9.15 Å². The first-order valence-electron chi connectivity index (χ1n) is 10.6. The van der Waals surface area contributed by atoms with E-state index in [0.717, 1.165) is 55.0 Å². The maximum absolute atomic E-state index is 13.3. The number of anilines is 1. The molecule has 0 N–H and O–H groups in total. The third kappa shape index (κ3) is 4.01. The predicted molar refractivity (Wildman–Crippen MR) is 122 cm³/mol. The standard InChI is InChI=1S/C26H25FN2O2/c1-30-24-12-9-20(18-28-13-15-29(16-14-28)22-5-3-2-4-6-22)23-17-25(31-26(23)24)19-7-10-21(27)11-8-19/h2-12,17H,13-16,18H2,1H3. The van der Waals surface area contributed by atoms with E-state index in [0.29, 0.717) is 5.75 Å². The van der Waals surface area contributed by atoms with Crippen molar-refractivity contribution in [3.8, 4) is 17.1 Å². The predicted octanol–water partition coefficient (Wildman–Crippen LogP) is 5.57. The van der Waals surface area contributed by atoms with Gasteiger partial charge in [0.1, 0.15) is 11.6 Å². The number of piperazine rings is 1. The van der Waals surface area contributed by atoms with Gasteiger partial charge in [-0.1, -0.05) is 24.3 Å². The minimum Gasteiger partial charge on any atom is -0.493 e. The van der Waals surface area contributed by atoms with Crippen LogP contribution in [-0.4, -0.2) is 38.2 Å². The van der Waals surface area contributed by atoms with Gasteiger partial charge >= 0.3 is 0 Å². The van der Waals surface area contributed by atoms with Crippen LogP contribution in [0, 0.1) is 5.82 Å². The Morgan fingerprint density at radius 2 is 1.65 bits per heavy atom. The molecule has 0 unspecified atom stereocenters. The highest BCUT2D eigenvalue weighted by molar-refractivity contribution is 5.90. The van der Waals surface area contributed by atoms with Gasteiger partial charge in [-0.05, 0) is 54.1 Å². The third-order valence-corrected chi connectivity index (χ3v) is 5.97. The molecule has 0 amide bonds. The van der Waals surface area contributed by atoms with Crippen molar-refractivity contribution >= 4 is 16.7 Å². The minimum absolute atomic E-state index is 0.257. The zero-order chi connectivity index (χ0) is 21.2. The van der Waals surface area contributed by atoms with Crippen LogP contribution in [0.15, 0.2) is 77.2 Å². The molecule has 158 valence electrons. The molecule has 1 aliphatic heterocycles. The Morgan fingerprint density at radius 1 is 0.903 bits per heavy atom. The molecule has 1 aliphatic rings. The number of hydrogen-bond donors (Lipinski definition) is 0. The average Bonchev–Trinajstić information content (AvgIpc) is 3.27. The van der Waals surface area contributed by atoms with Gasteiger partial charge in [-0.25, -0.2) is 4.39 Å². The summed E-state index contributed by atoms with van der Waals surface area (Å²) < 4.78 is 25.0. The Bertz CT molecular complexity index is 1160. The summed E-state index contributed by atoms with van der Waals surface area (Å²) in [4.78, 5) is 4.91. The molecule has 0 bridgehead atoms. The molecule has 4 nitrogen and oxygen atoms in total. The van der Waals surface area contributed by atoms with Crippen molar-refractivity contribution in [2.75, 3.05) is 38.2 Å². The van der Waals surface area contributed by atoms with Gasteiger partial charge in [0.25, 0.3) is 0 Å². The van der Waals surface area contributed by atoms with Crippen molar-refractivity contribution < 1.29 is 13.5 Å². The third-order valence-electron chi connectivity index (χ3n) is 5.97. The molecule has 1 fully saturated rings. The fraction of sp³-hybridized carbons (Fsp3) is 0.231. The van der Waals surface area contributed by atoms with Crippen LogP contribution in [-0.2, 0) is 6.54 Å². The van der Waals surface area contributed by atoms with Crippen molar-refractivity contribution in [3.63, 3.8) is 0 Å². The molecule has 2 heterocycles. The molecule has 31 heavy (non-hydrogen) atoms. The Morgan fingerprint density at radius 3 is 2.35 bits per heavy atom. The van der Waals surface area contributed by atoms with Crippen molar-refractivity contribution in [2.24, 2.45) is 0 Å². The van der Waals surface area contributed by atoms with Crippen LogP contribution < -0.4 is 9.64 Å². The Labute approximate surface area is 181 Å². The Balaban J connectivity index is 1.38. The zero-order valence-corrected chi connectivity index (χ0v) is 17.6. The number of furan rings is 1. The van der Waals surface area contributed by atoms with Gasteiger partial charge < -0.3 is 14.1 Å². The second-order valence-electron chi connectivity index (χ2n) is 7.89. The van der Waals surface area contributed by atoms with E-state index in [-0.39, 0.29) is 5.82 Å². The fourth-order valence-electron chi connectivity index (χ4n) is 4.25. The summed E-state index contributed by atoms with van der Waals surface area (Å²) in [5.74, 6) is 1.17. The van der Waals surface area contributed by atoms with Crippen LogP contribution in [0.25, 0.3) is 22.3 Å². The van der Waals surface area contributed by atoms with E-state index in [9.17, 15) is 4.39 Å². The number of benzene rings is 3. The maximum atomic E-state index is 13.3. The SMILES string of the molecule is COc1ccc(CN2CCN(c3ccccc3)CC2)c2cc(-c3ccc(F)cc3)oc12. The van der Waals surface area contributed by atoms with Gasteiger partial charge in [0.15, 0.2) is 11.3 Å². The molecular weight excluding hydrogens is 391 g/mol. The normalized spacial score (nSPS) is 14.8. The van der Waals surface area contributed by atoms with Crippen LogP contribution in [0.4, 0.5) is 10.1 Å². The van der Waals surface area contributed by atoms with Crippen molar-refractivity contribution in [1.82, 2.24) is 4.90 Å². The van der Waals surface area contributed by atoms with Crippen LogP contribution in [0.1, 0.15) is 5.56 Å². The number of halogens is 1. The van der Waals surface area contributed by atoms with Gasteiger partial charge in [0, 0.05) is 49.4 Å². The van der Waals surface area contributed by atoms with Gasteiger partial charge in [-0.15, -0.1) is 0 Å². The topological polar surface area (TPSA) is 28.9 Å². The highest BCUT2D eigenvalue weighted by Crippen LogP contribution is 2.36. The second-order valence-corrected chi connectivity index (χ2v) is 7.89. The monoisotopic (exact) mass is 416 g/mol. The lowest BCUT2D eigenvalue weighted by Gasteiger charge is -2.36. The van der Waals surface area contributed by atoms with Gasteiger partial charge in [-0.2, -0.15) is 0 Å². The molecule has 5 rings (SSSR count). The molecule has 0 radical (unpaired) electrons. The molecule has 0 atom stereocenters. The summed E-state index contributed by atoms with van der Waals surface area (Å²) >= 11 is 0. The van der Waals surface area contributed by atoms with E-state index < -0.39 is 0 Å². The summed E-state index contributed by atoms with van der Waals surface area (Å²) in [6.45, 7) is 4.88. The van der Waals surface area contributed by atoms with Crippen molar-refractivity contribution in [1.29, 1.82) is 0 Å². The first kappa shape index (κ1) is 19.6. The van der Waals surface area contributed by atoms with Gasteiger partial charge in [-0.3, -0.25) is 4.90 Å². The highest BCUT2D eigenvalue weighted by Gasteiger charge is 2.20. The van der Waals surface area contributed by atoms with Crippen LogP contribution in [0.2, 0.25) is 0 Å². The van der Waals surface area contributed by atoms with E-state index in [1.54, 1.807) is 19.2 Å². The quantitative estimate of drug-likeness (QED) is 0.425. The van der Waals surface area contributed by atoms with Crippen LogP contribution >= 0.6 is 0 Å². The minimum atomic E-state index is -0.257. The lowest BCUT2D eigenvalue weighted by molar-refractivity contribution is 0.250. The lowest BCUT2D eigenvalue weighted by Crippen LogP contribution is -2.45. The Hall–Kier alpha value is -3.31. The lowest BCUT2D eigenvalue weighted by atomic mass is 10.1. The van der Waals surface area contributed by atoms with Gasteiger partial charge in [0.2, 0.25) is 0 Å². The summed E-state index contributed by atoms with van der Waals surface area (Å²) in [7, 11) is 1.65. The average molecular weight is 416 g/mol. The van der Waals surface area contributed by atoms with Crippen molar-refractivity contribution in [2.45, 2.75) is 6.54 Å². The zero-order valence-electron chi connectivity index (χ0n) is 17.6. The molecule has 4 aromatic rings.